The summed E-state index contributed by atoms with van der Waals surface area (Å²) in [5.41, 5.74) is 3.36. The maximum absolute atomic E-state index is 13.4. The van der Waals surface area contributed by atoms with Crippen LogP contribution in [0.3, 0.4) is 0 Å². The number of benzene rings is 2. The molecule has 0 bridgehead atoms. The van der Waals surface area contributed by atoms with Gasteiger partial charge in [-0.3, -0.25) is 4.79 Å². The molecule has 0 aliphatic carbocycles. The molecule has 1 amide bonds. The fourth-order valence-electron chi connectivity index (χ4n) is 3.27. The highest BCUT2D eigenvalue weighted by molar-refractivity contribution is 6.31. The minimum Gasteiger partial charge on any atom is -0.361 e. The second-order valence-corrected chi connectivity index (χ2v) is 6.69. The molecule has 0 unspecified atom stereocenters. The van der Waals surface area contributed by atoms with E-state index in [0.717, 1.165) is 34.2 Å². The molecule has 0 atom stereocenters. The van der Waals surface area contributed by atoms with Crippen LogP contribution in [0.5, 0.6) is 0 Å². The van der Waals surface area contributed by atoms with Gasteiger partial charge in [-0.05, 0) is 42.3 Å². The van der Waals surface area contributed by atoms with Gasteiger partial charge < -0.3 is 9.88 Å². The van der Waals surface area contributed by atoms with Gasteiger partial charge in [-0.1, -0.05) is 23.7 Å². The van der Waals surface area contributed by atoms with E-state index < -0.39 is 11.6 Å². The number of aromatic nitrogens is 1. The zero-order valence-corrected chi connectivity index (χ0v) is 14.5. The van der Waals surface area contributed by atoms with Crippen molar-refractivity contribution in [3.05, 3.63) is 76.5 Å². The van der Waals surface area contributed by atoms with Crippen molar-refractivity contribution in [2.24, 2.45) is 0 Å². The molecule has 0 saturated carbocycles. The number of halogens is 3. The molecule has 4 rings (SSSR count). The SMILES string of the molecule is O=C(c1ccc(F)c(F)c1)N1CC=C(c2c[nH]c3cc(Cl)ccc23)CC1. The Morgan fingerprint density at radius 1 is 1.12 bits per heavy atom. The summed E-state index contributed by atoms with van der Waals surface area (Å²) in [5.74, 6) is -2.27. The van der Waals surface area contributed by atoms with Crippen molar-refractivity contribution in [1.29, 1.82) is 0 Å². The van der Waals surface area contributed by atoms with E-state index in [2.05, 4.69) is 4.98 Å². The minimum absolute atomic E-state index is 0.155. The van der Waals surface area contributed by atoms with E-state index >= 15 is 0 Å². The Bertz CT molecular complexity index is 1040. The first kappa shape index (κ1) is 16.8. The number of hydrogen-bond acceptors (Lipinski definition) is 1. The zero-order valence-electron chi connectivity index (χ0n) is 13.7. The van der Waals surface area contributed by atoms with Crippen molar-refractivity contribution in [2.75, 3.05) is 13.1 Å². The minimum atomic E-state index is -1.01. The number of H-pyrrole nitrogens is 1. The Balaban J connectivity index is 1.55. The van der Waals surface area contributed by atoms with Crippen LogP contribution >= 0.6 is 11.6 Å². The van der Waals surface area contributed by atoms with E-state index in [0.29, 0.717) is 24.5 Å². The van der Waals surface area contributed by atoms with Gasteiger partial charge in [-0.25, -0.2) is 8.78 Å². The molecule has 0 radical (unpaired) electrons. The molecule has 0 saturated heterocycles. The second-order valence-electron chi connectivity index (χ2n) is 6.25. The third kappa shape index (κ3) is 2.99. The van der Waals surface area contributed by atoms with E-state index in [1.54, 1.807) is 4.90 Å². The van der Waals surface area contributed by atoms with Gasteiger partial charge in [0.25, 0.3) is 5.91 Å². The largest absolute Gasteiger partial charge is 0.361 e. The van der Waals surface area contributed by atoms with Crippen LogP contribution in [-0.4, -0.2) is 28.9 Å². The maximum atomic E-state index is 13.4. The van der Waals surface area contributed by atoms with Crippen molar-refractivity contribution < 1.29 is 13.6 Å². The smallest absolute Gasteiger partial charge is 0.254 e. The number of carbonyl (C=O) groups excluding carboxylic acids is 1. The summed E-state index contributed by atoms with van der Waals surface area (Å²) in [6, 6.07) is 8.93. The van der Waals surface area contributed by atoms with Crippen LogP contribution < -0.4 is 0 Å². The van der Waals surface area contributed by atoms with Crippen LogP contribution in [0.2, 0.25) is 5.02 Å². The molecule has 1 aliphatic heterocycles. The van der Waals surface area contributed by atoms with Crippen LogP contribution in [0.25, 0.3) is 16.5 Å². The number of fused-ring (bicyclic) bond motifs is 1. The van der Waals surface area contributed by atoms with Crippen LogP contribution in [0.15, 0.2) is 48.7 Å². The lowest BCUT2D eigenvalue weighted by Crippen LogP contribution is -2.34. The molecule has 0 fully saturated rings. The molecule has 6 heteroatoms. The fraction of sp³-hybridized carbons (Fsp3) is 0.150. The van der Waals surface area contributed by atoms with Crippen LogP contribution in [0.1, 0.15) is 22.3 Å². The average Bonchev–Trinajstić information content (AvgIpc) is 3.06. The lowest BCUT2D eigenvalue weighted by molar-refractivity contribution is 0.0772. The van der Waals surface area contributed by atoms with Crippen molar-refractivity contribution in [3.8, 4) is 0 Å². The summed E-state index contributed by atoms with van der Waals surface area (Å²) in [4.78, 5) is 17.3. The van der Waals surface area contributed by atoms with Crippen LogP contribution in [0, 0.1) is 11.6 Å². The van der Waals surface area contributed by atoms with Gasteiger partial charge in [0.05, 0.1) is 0 Å². The van der Waals surface area contributed by atoms with Gasteiger partial charge in [0.1, 0.15) is 0 Å². The molecular formula is C20H15ClF2N2O. The van der Waals surface area contributed by atoms with Gasteiger partial charge >= 0.3 is 0 Å². The van der Waals surface area contributed by atoms with Gasteiger partial charge in [-0.2, -0.15) is 0 Å². The average molecular weight is 373 g/mol. The van der Waals surface area contributed by atoms with Crippen molar-refractivity contribution in [1.82, 2.24) is 9.88 Å². The van der Waals surface area contributed by atoms with Gasteiger partial charge in [0.2, 0.25) is 0 Å². The Morgan fingerprint density at radius 3 is 2.69 bits per heavy atom. The van der Waals surface area contributed by atoms with E-state index in [4.69, 9.17) is 11.6 Å². The summed E-state index contributed by atoms with van der Waals surface area (Å²) >= 11 is 6.02. The van der Waals surface area contributed by atoms with Crippen molar-refractivity contribution >= 4 is 34.0 Å². The standard InChI is InChI=1S/C20H15ClF2N2O/c21-14-2-3-15-16(11-24-19(15)10-14)12-5-7-25(8-6-12)20(26)13-1-4-17(22)18(23)9-13/h1-5,9-11,24H,6-8H2. The number of rotatable bonds is 2. The molecule has 1 aromatic heterocycles. The lowest BCUT2D eigenvalue weighted by Gasteiger charge is -2.26. The molecule has 3 nitrogen and oxygen atoms in total. The molecule has 0 spiro atoms. The summed E-state index contributed by atoms with van der Waals surface area (Å²) < 4.78 is 26.4. The van der Waals surface area contributed by atoms with Gasteiger partial charge in [0, 0.05) is 46.3 Å². The highest BCUT2D eigenvalue weighted by Gasteiger charge is 2.21. The highest BCUT2D eigenvalue weighted by Crippen LogP contribution is 2.31. The van der Waals surface area contributed by atoms with Crippen LogP contribution in [0.4, 0.5) is 8.78 Å². The number of amides is 1. The predicted octanol–water partition coefficient (Wildman–Crippen LogP) is 5.03. The molecule has 1 aliphatic rings. The van der Waals surface area contributed by atoms with Crippen molar-refractivity contribution in [3.63, 3.8) is 0 Å². The summed E-state index contributed by atoms with van der Waals surface area (Å²) in [5, 5.41) is 1.76. The zero-order chi connectivity index (χ0) is 18.3. The monoisotopic (exact) mass is 372 g/mol. The molecule has 1 N–H and O–H groups in total. The summed E-state index contributed by atoms with van der Waals surface area (Å²) in [6.07, 6.45) is 4.63. The number of nitrogens with zero attached hydrogens (tertiary/aromatic N) is 1. The molecule has 3 aromatic rings. The van der Waals surface area contributed by atoms with E-state index in [9.17, 15) is 13.6 Å². The summed E-state index contributed by atoms with van der Waals surface area (Å²) in [7, 11) is 0. The van der Waals surface area contributed by atoms with Crippen molar-refractivity contribution in [2.45, 2.75) is 6.42 Å². The normalized spacial score (nSPS) is 14.6. The number of aromatic amines is 1. The Morgan fingerprint density at radius 2 is 1.96 bits per heavy atom. The first-order chi connectivity index (χ1) is 12.5. The van der Waals surface area contributed by atoms with E-state index in [-0.39, 0.29) is 11.5 Å². The predicted molar refractivity (Wildman–Crippen MR) is 98.2 cm³/mol. The molecule has 132 valence electrons. The molecule has 26 heavy (non-hydrogen) atoms. The summed E-state index contributed by atoms with van der Waals surface area (Å²) in [6.45, 7) is 0.942. The first-order valence-corrected chi connectivity index (χ1v) is 8.61. The molecule has 2 heterocycles. The van der Waals surface area contributed by atoms with Crippen LogP contribution in [-0.2, 0) is 0 Å². The topological polar surface area (TPSA) is 36.1 Å². The Hall–Kier alpha value is -2.66. The quantitative estimate of drug-likeness (QED) is 0.673. The third-order valence-electron chi connectivity index (χ3n) is 4.65. The maximum Gasteiger partial charge on any atom is 0.254 e. The number of nitrogens with one attached hydrogen (secondary N) is 1. The lowest BCUT2D eigenvalue weighted by atomic mass is 9.98. The third-order valence-corrected chi connectivity index (χ3v) is 4.89. The molecule has 2 aromatic carbocycles. The van der Waals surface area contributed by atoms with E-state index in [1.807, 2.05) is 30.5 Å². The highest BCUT2D eigenvalue weighted by atomic mass is 35.5. The number of carbonyl (C=O) groups is 1. The second kappa shape index (κ2) is 6.57. The van der Waals surface area contributed by atoms with E-state index in [1.165, 1.54) is 6.07 Å². The molecular weight excluding hydrogens is 358 g/mol. The van der Waals surface area contributed by atoms with Gasteiger partial charge in [0.15, 0.2) is 11.6 Å². The Kier molecular flexibility index (Phi) is 4.24. The number of hydrogen-bond donors (Lipinski definition) is 1. The fourth-order valence-corrected chi connectivity index (χ4v) is 3.45. The van der Waals surface area contributed by atoms with Gasteiger partial charge in [-0.15, -0.1) is 0 Å². The Labute approximate surface area is 153 Å². The first-order valence-electron chi connectivity index (χ1n) is 8.23.